The molecule has 0 radical (unpaired) electrons. The number of hydrogen-bond donors (Lipinski definition) is 1. The van der Waals surface area contributed by atoms with E-state index in [-0.39, 0.29) is 0 Å². The molecule has 0 fully saturated rings. The van der Waals surface area contributed by atoms with Gasteiger partial charge in [0.05, 0.1) is 12.7 Å². The van der Waals surface area contributed by atoms with Crippen molar-refractivity contribution >= 4 is 11.3 Å². The van der Waals surface area contributed by atoms with Gasteiger partial charge in [0.1, 0.15) is 0 Å². The van der Waals surface area contributed by atoms with Crippen LogP contribution in [0.1, 0.15) is 16.8 Å². The first-order chi connectivity index (χ1) is 6.81. The molecule has 4 heteroatoms. The van der Waals surface area contributed by atoms with Crippen LogP contribution in [-0.4, -0.2) is 9.78 Å². The third kappa shape index (κ3) is 1.71. The third-order valence-electron chi connectivity index (χ3n) is 2.34. The van der Waals surface area contributed by atoms with Gasteiger partial charge in [-0.15, -0.1) is 0 Å². The molecular formula is C10H13N3S. The second kappa shape index (κ2) is 3.94. The highest BCUT2D eigenvalue weighted by atomic mass is 32.1. The minimum Gasteiger partial charge on any atom is -0.326 e. The van der Waals surface area contributed by atoms with Gasteiger partial charge in [0.15, 0.2) is 0 Å². The van der Waals surface area contributed by atoms with E-state index in [0.29, 0.717) is 6.54 Å². The van der Waals surface area contributed by atoms with Crippen LogP contribution >= 0.6 is 11.3 Å². The predicted octanol–water partition coefficient (Wildman–Crippen LogP) is 1.76. The van der Waals surface area contributed by atoms with Crippen molar-refractivity contribution in [2.45, 2.75) is 20.0 Å². The topological polar surface area (TPSA) is 43.8 Å². The van der Waals surface area contributed by atoms with Crippen LogP contribution in [0.5, 0.6) is 0 Å². The summed E-state index contributed by atoms with van der Waals surface area (Å²) >= 11 is 1.71. The van der Waals surface area contributed by atoms with Gasteiger partial charge in [0.2, 0.25) is 0 Å². The van der Waals surface area contributed by atoms with Gasteiger partial charge in [-0.3, -0.25) is 4.68 Å². The molecule has 0 spiro atoms. The molecule has 3 nitrogen and oxygen atoms in total. The fourth-order valence-corrected chi connectivity index (χ4v) is 2.06. The van der Waals surface area contributed by atoms with Crippen molar-refractivity contribution in [2.75, 3.05) is 0 Å². The van der Waals surface area contributed by atoms with E-state index in [4.69, 9.17) is 5.73 Å². The summed E-state index contributed by atoms with van der Waals surface area (Å²) in [5.41, 5.74) is 9.17. The van der Waals surface area contributed by atoms with E-state index in [1.807, 2.05) is 10.9 Å². The van der Waals surface area contributed by atoms with Gasteiger partial charge < -0.3 is 5.73 Å². The third-order valence-corrected chi connectivity index (χ3v) is 3.07. The molecule has 2 N–H and O–H groups in total. The van der Waals surface area contributed by atoms with Crippen LogP contribution in [-0.2, 0) is 13.1 Å². The molecule has 0 aliphatic heterocycles. The average Bonchev–Trinajstić information content (AvgIpc) is 2.79. The van der Waals surface area contributed by atoms with E-state index in [9.17, 15) is 0 Å². The summed E-state index contributed by atoms with van der Waals surface area (Å²) in [6.07, 6.45) is 1.85. The Labute approximate surface area is 87.2 Å². The number of rotatable bonds is 3. The van der Waals surface area contributed by atoms with Crippen LogP contribution in [0.2, 0.25) is 0 Å². The van der Waals surface area contributed by atoms with E-state index in [0.717, 1.165) is 12.1 Å². The molecule has 2 rings (SSSR count). The lowest BCUT2D eigenvalue weighted by Crippen LogP contribution is -2.04. The number of nitrogens with zero attached hydrogens (tertiary/aromatic N) is 2. The van der Waals surface area contributed by atoms with Crippen LogP contribution in [0, 0.1) is 6.92 Å². The van der Waals surface area contributed by atoms with E-state index in [1.165, 1.54) is 11.3 Å². The Balaban J connectivity index is 2.21. The van der Waals surface area contributed by atoms with E-state index in [1.54, 1.807) is 11.3 Å². The average molecular weight is 207 g/mol. The highest BCUT2D eigenvalue weighted by Crippen LogP contribution is 2.11. The molecule has 0 aliphatic carbocycles. The monoisotopic (exact) mass is 207 g/mol. The van der Waals surface area contributed by atoms with Gasteiger partial charge in [-0.1, -0.05) is 0 Å². The standard InChI is InChI=1S/C10H13N3S/c1-8-10(4-11)5-12-13(8)6-9-2-3-14-7-9/h2-3,5,7H,4,6,11H2,1H3. The molecule has 0 saturated heterocycles. The molecule has 2 aromatic heterocycles. The maximum atomic E-state index is 5.59. The Morgan fingerprint density at radius 3 is 3.00 bits per heavy atom. The van der Waals surface area contributed by atoms with Gasteiger partial charge >= 0.3 is 0 Å². The lowest BCUT2D eigenvalue weighted by atomic mass is 10.2. The van der Waals surface area contributed by atoms with Crippen molar-refractivity contribution in [1.29, 1.82) is 0 Å². The van der Waals surface area contributed by atoms with Crippen LogP contribution in [0.4, 0.5) is 0 Å². The lowest BCUT2D eigenvalue weighted by molar-refractivity contribution is 0.665. The number of hydrogen-bond acceptors (Lipinski definition) is 3. The number of nitrogens with two attached hydrogens (primary N) is 1. The van der Waals surface area contributed by atoms with Crippen molar-refractivity contribution in [2.24, 2.45) is 5.73 Å². The predicted molar refractivity (Wildman–Crippen MR) is 58.3 cm³/mol. The zero-order valence-corrected chi connectivity index (χ0v) is 8.92. The molecule has 74 valence electrons. The van der Waals surface area contributed by atoms with Crippen molar-refractivity contribution in [1.82, 2.24) is 9.78 Å². The largest absolute Gasteiger partial charge is 0.326 e. The summed E-state index contributed by atoms with van der Waals surface area (Å²) in [4.78, 5) is 0. The Kier molecular flexibility index (Phi) is 2.65. The summed E-state index contributed by atoms with van der Waals surface area (Å²) in [6, 6.07) is 2.12. The Morgan fingerprint density at radius 1 is 1.57 bits per heavy atom. The summed E-state index contributed by atoms with van der Waals surface area (Å²) in [5, 5.41) is 8.53. The highest BCUT2D eigenvalue weighted by Gasteiger charge is 2.04. The van der Waals surface area contributed by atoms with Crippen LogP contribution < -0.4 is 5.73 Å². The quantitative estimate of drug-likeness (QED) is 0.833. The zero-order chi connectivity index (χ0) is 9.97. The molecule has 0 amide bonds. The van der Waals surface area contributed by atoms with E-state index >= 15 is 0 Å². The first kappa shape index (κ1) is 9.43. The molecular weight excluding hydrogens is 194 g/mol. The van der Waals surface area contributed by atoms with Gasteiger partial charge in [0, 0.05) is 17.8 Å². The van der Waals surface area contributed by atoms with Crippen molar-refractivity contribution in [3.8, 4) is 0 Å². The molecule has 14 heavy (non-hydrogen) atoms. The molecule has 2 heterocycles. The molecule has 0 atom stereocenters. The molecule has 0 bridgehead atoms. The number of thiophene rings is 1. The maximum absolute atomic E-state index is 5.59. The summed E-state index contributed by atoms with van der Waals surface area (Å²) in [6.45, 7) is 3.46. The molecule has 0 aliphatic rings. The fraction of sp³-hybridized carbons (Fsp3) is 0.300. The molecule has 2 aromatic rings. The first-order valence-corrected chi connectivity index (χ1v) is 5.48. The normalized spacial score (nSPS) is 10.7. The maximum Gasteiger partial charge on any atom is 0.0670 e. The van der Waals surface area contributed by atoms with E-state index < -0.39 is 0 Å². The summed E-state index contributed by atoms with van der Waals surface area (Å²) in [5.74, 6) is 0. The van der Waals surface area contributed by atoms with Gasteiger partial charge in [-0.2, -0.15) is 16.4 Å². The Bertz CT molecular complexity index is 403. The molecule has 0 aromatic carbocycles. The second-order valence-electron chi connectivity index (χ2n) is 3.25. The lowest BCUT2D eigenvalue weighted by Gasteiger charge is -2.02. The SMILES string of the molecule is Cc1c(CN)cnn1Cc1ccsc1. The smallest absolute Gasteiger partial charge is 0.0670 e. The molecule has 0 saturated carbocycles. The zero-order valence-electron chi connectivity index (χ0n) is 8.10. The van der Waals surface area contributed by atoms with Crippen molar-refractivity contribution < 1.29 is 0 Å². The summed E-state index contributed by atoms with van der Waals surface area (Å²) in [7, 11) is 0. The van der Waals surface area contributed by atoms with Crippen molar-refractivity contribution in [3.05, 3.63) is 39.8 Å². The van der Waals surface area contributed by atoms with Gasteiger partial charge in [-0.05, 0) is 29.3 Å². The van der Waals surface area contributed by atoms with Gasteiger partial charge in [0.25, 0.3) is 0 Å². The van der Waals surface area contributed by atoms with Gasteiger partial charge in [-0.25, -0.2) is 0 Å². The molecule has 0 unspecified atom stereocenters. The van der Waals surface area contributed by atoms with Crippen LogP contribution in [0.3, 0.4) is 0 Å². The van der Waals surface area contributed by atoms with E-state index in [2.05, 4.69) is 28.8 Å². The van der Waals surface area contributed by atoms with Crippen molar-refractivity contribution in [3.63, 3.8) is 0 Å². The highest BCUT2D eigenvalue weighted by molar-refractivity contribution is 7.07. The van der Waals surface area contributed by atoms with Crippen LogP contribution in [0.15, 0.2) is 23.0 Å². The summed E-state index contributed by atoms with van der Waals surface area (Å²) < 4.78 is 1.99. The first-order valence-electron chi connectivity index (χ1n) is 4.53. The Morgan fingerprint density at radius 2 is 2.43 bits per heavy atom. The minimum atomic E-state index is 0.565. The second-order valence-corrected chi connectivity index (χ2v) is 4.03. The van der Waals surface area contributed by atoms with Crippen LogP contribution in [0.25, 0.3) is 0 Å². The fourth-order valence-electron chi connectivity index (χ4n) is 1.40. The Hall–Kier alpha value is -1.13. The minimum absolute atomic E-state index is 0.565. The number of aromatic nitrogens is 2.